The molecule has 1 unspecified atom stereocenters. The van der Waals surface area contributed by atoms with Crippen LogP contribution in [0.3, 0.4) is 0 Å². The third kappa shape index (κ3) is 3.64. The van der Waals surface area contributed by atoms with E-state index in [1.54, 1.807) is 11.3 Å². The third-order valence-corrected chi connectivity index (χ3v) is 6.40. The zero-order valence-electron chi connectivity index (χ0n) is 14.2. The Hall–Kier alpha value is -1.42. The lowest BCUT2D eigenvalue weighted by molar-refractivity contribution is -0.121. The van der Waals surface area contributed by atoms with Crippen molar-refractivity contribution in [1.82, 2.24) is 4.90 Å². The number of piperidine rings is 1. The summed E-state index contributed by atoms with van der Waals surface area (Å²) in [6, 6.07) is 2.07. The number of amides is 1. The molecule has 1 aromatic heterocycles. The molecule has 5 nitrogen and oxygen atoms in total. The summed E-state index contributed by atoms with van der Waals surface area (Å²) in [6.45, 7) is 3.38. The number of fused-ring (bicyclic) bond motifs is 1. The number of aliphatic hydroxyl groups is 1. The molecule has 1 fully saturated rings. The van der Waals surface area contributed by atoms with Crippen LogP contribution in [0.2, 0.25) is 0 Å². The monoisotopic (exact) mass is 347 g/mol. The average molecular weight is 347 g/mol. The van der Waals surface area contributed by atoms with E-state index in [9.17, 15) is 15.2 Å². The number of aliphatic hydroxyl groups excluding tert-OH is 1. The summed E-state index contributed by atoms with van der Waals surface area (Å²) in [5.41, 5.74) is 1.83. The van der Waals surface area contributed by atoms with E-state index in [4.69, 9.17) is 0 Å². The minimum atomic E-state index is -0.244. The Bertz CT molecular complexity index is 641. The van der Waals surface area contributed by atoms with Crippen LogP contribution in [0.15, 0.2) is 0 Å². The van der Waals surface area contributed by atoms with Gasteiger partial charge in [-0.3, -0.25) is 9.69 Å². The van der Waals surface area contributed by atoms with Gasteiger partial charge >= 0.3 is 0 Å². The number of hydrogen-bond acceptors (Lipinski definition) is 5. The van der Waals surface area contributed by atoms with Crippen LogP contribution in [0.5, 0.6) is 0 Å². The van der Waals surface area contributed by atoms with Gasteiger partial charge in [0.15, 0.2) is 0 Å². The van der Waals surface area contributed by atoms with Crippen molar-refractivity contribution in [2.24, 2.45) is 0 Å². The van der Waals surface area contributed by atoms with E-state index >= 15 is 0 Å². The lowest BCUT2D eigenvalue weighted by atomic mass is 10.1. The highest BCUT2D eigenvalue weighted by Gasteiger charge is 2.27. The molecule has 0 aromatic carbocycles. The Balaban J connectivity index is 1.71. The highest BCUT2D eigenvalue weighted by Crippen LogP contribution is 2.37. The summed E-state index contributed by atoms with van der Waals surface area (Å²) in [7, 11) is 0. The number of nitrogens with one attached hydrogen (secondary N) is 1. The van der Waals surface area contributed by atoms with Gasteiger partial charge in [-0.1, -0.05) is 6.42 Å². The molecule has 0 radical (unpaired) electrons. The second-order valence-electron chi connectivity index (χ2n) is 6.81. The normalized spacial score (nSPS) is 20.7. The van der Waals surface area contributed by atoms with Crippen LogP contribution < -0.4 is 5.32 Å². The second-order valence-corrected chi connectivity index (χ2v) is 7.92. The first-order chi connectivity index (χ1) is 11.6. The number of nitrogens with zero attached hydrogens (tertiary/aromatic N) is 2. The van der Waals surface area contributed by atoms with E-state index in [2.05, 4.69) is 16.3 Å². The Labute approximate surface area is 147 Å². The van der Waals surface area contributed by atoms with Gasteiger partial charge in [0.05, 0.1) is 17.7 Å². The lowest BCUT2D eigenvalue weighted by Crippen LogP contribution is -2.47. The molecule has 1 aromatic rings. The average Bonchev–Trinajstić information content (AvgIpc) is 2.75. The first kappa shape index (κ1) is 17.4. The molecule has 0 bridgehead atoms. The van der Waals surface area contributed by atoms with E-state index < -0.39 is 0 Å². The molecule has 1 atom stereocenters. The molecule has 2 aliphatic rings. The van der Waals surface area contributed by atoms with Gasteiger partial charge in [-0.2, -0.15) is 5.26 Å². The van der Waals surface area contributed by atoms with Crippen LogP contribution in [0, 0.1) is 11.3 Å². The van der Waals surface area contributed by atoms with Crippen LogP contribution >= 0.6 is 11.3 Å². The SMILES string of the molecule is CC(C(=O)Nc1sc2c(c1C#N)CCCCC2)N1CCC(O)CC1. The van der Waals surface area contributed by atoms with E-state index in [0.29, 0.717) is 18.4 Å². The Morgan fingerprint density at radius 2 is 2.04 bits per heavy atom. The van der Waals surface area contributed by atoms with E-state index in [-0.39, 0.29) is 18.1 Å². The number of carbonyl (C=O) groups excluding carboxylic acids is 1. The van der Waals surface area contributed by atoms with Crippen molar-refractivity contribution in [3.8, 4) is 6.07 Å². The lowest BCUT2D eigenvalue weighted by Gasteiger charge is -2.33. The number of aryl methyl sites for hydroxylation is 1. The minimum Gasteiger partial charge on any atom is -0.393 e. The molecule has 0 saturated carbocycles. The van der Waals surface area contributed by atoms with Crippen molar-refractivity contribution in [3.05, 3.63) is 16.0 Å². The van der Waals surface area contributed by atoms with Crippen molar-refractivity contribution in [2.75, 3.05) is 18.4 Å². The molecule has 0 spiro atoms. The highest BCUT2D eigenvalue weighted by atomic mass is 32.1. The fourth-order valence-corrected chi connectivity index (χ4v) is 4.85. The molecule has 3 rings (SSSR count). The molecule has 1 saturated heterocycles. The first-order valence-corrected chi connectivity index (χ1v) is 9.69. The molecule has 2 N–H and O–H groups in total. The van der Waals surface area contributed by atoms with Crippen molar-refractivity contribution in [3.63, 3.8) is 0 Å². The largest absolute Gasteiger partial charge is 0.393 e. The summed E-state index contributed by atoms with van der Waals surface area (Å²) in [5, 5.41) is 22.9. The Morgan fingerprint density at radius 1 is 1.33 bits per heavy atom. The van der Waals surface area contributed by atoms with Crippen molar-refractivity contribution >= 4 is 22.2 Å². The predicted molar refractivity (Wildman–Crippen MR) is 95.2 cm³/mol. The van der Waals surface area contributed by atoms with E-state index in [1.165, 1.54) is 11.3 Å². The maximum Gasteiger partial charge on any atom is 0.242 e. The summed E-state index contributed by atoms with van der Waals surface area (Å²) >= 11 is 1.58. The molecular formula is C18H25N3O2S. The fraction of sp³-hybridized carbons (Fsp3) is 0.667. The van der Waals surface area contributed by atoms with Gasteiger partial charge in [0.2, 0.25) is 5.91 Å². The topological polar surface area (TPSA) is 76.4 Å². The maximum atomic E-state index is 12.6. The van der Waals surface area contributed by atoms with Gasteiger partial charge < -0.3 is 10.4 Å². The number of thiophene rings is 1. The third-order valence-electron chi connectivity index (χ3n) is 5.20. The first-order valence-electron chi connectivity index (χ1n) is 8.87. The van der Waals surface area contributed by atoms with Gasteiger partial charge in [-0.05, 0) is 51.0 Å². The van der Waals surface area contributed by atoms with Crippen LogP contribution in [-0.4, -0.2) is 41.1 Å². The van der Waals surface area contributed by atoms with Gasteiger partial charge in [0.1, 0.15) is 11.1 Å². The number of likely N-dealkylation sites (tertiary alicyclic amines) is 1. The van der Waals surface area contributed by atoms with Gasteiger partial charge in [-0.15, -0.1) is 11.3 Å². The van der Waals surface area contributed by atoms with Crippen molar-refractivity contribution in [2.45, 2.75) is 64.0 Å². The number of rotatable bonds is 3. The molecule has 1 amide bonds. The molecule has 2 heterocycles. The molecule has 6 heteroatoms. The zero-order chi connectivity index (χ0) is 17.1. The smallest absolute Gasteiger partial charge is 0.242 e. The summed E-state index contributed by atoms with van der Waals surface area (Å²) < 4.78 is 0. The van der Waals surface area contributed by atoms with Crippen LogP contribution in [0.1, 0.15) is 55.0 Å². The Morgan fingerprint density at radius 3 is 2.75 bits per heavy atom. The molecule has 1 aliphatic heterocycles. The predicted octanol–water partition coefficient (Wildman–Crippen LogP) is 2.67. The molecule has 24 heavy (non-hydrogen) atoms. The second kappa shape index (κ2) is 7.64. The molecular weight excluding hydrogens is 322 g/mol. The summed E-state index contributed by atoms with van der Waals surface area (Å²) in [5.74, 6) is -0.0562. The maximum absolute atomic E-state index is 12.6. The zero-order valence-corrected chi connectivity index (χ0v) is 15.0. The van der Waals surface area contributed by atoms with Gasteiger partial charge in [0, 0.05) is 18.0 Å². The van der Waals surface area contributed by atoms with Crippen LogP contribution in [0.25, 0.3) is 0 Å². The van der Waals surface area contributed by atoms with Gasteiger partial charge in [0.25, 0.3) is 0 Å². The number of anilines is 1. The fourth-order valence-electron chi connectivity index (χ4n) is 3.60. The minimum absolute atomic E-state index is 0.0562. The number of nitriles is 1. The van der Waals surface area contributed by atoms with Crippen LogP contribution in [0.4, 0.5) is 5.00 Å². The number of carbonyl (C=O) groups is 1. The Kier molecular flexibility index (Phi) is 5.54. The summed E-state index contributed by atoms with van der Waals surface area (Å²) in [4.78, 5) is 16.0. The quantitative estimate of drug-likeness (QED) is 0.824. The van der Waals surface area contributed by atoms with Crippen molar-refractivity contribution in [1.29, 1.82) is 5.26 Å². The van der Waals surface area contributed by atoms with Crippen LogP contribution in [-0.2, 0) is 17.6 Å². The molecule has 130 valence electrons. The van der Waals surface area contributed by atoms with E-state index in [0.717, 1.165) is 49.3 Å². The molecule has 1 aliphatic carbocycles. The number of hydrogen-bond donors (Lipinski definition) is 2. The standard InChI is InChI=1S/C18H25N3O2S/c1-12(21-9-7-13(22)8-10-21)17(23)20-18-15(11-19)14-5-3-2-4-6-16(14)24-18/h12-13,22H,2-10H2,1H3,(H,20,23). The highest BCUT2D eigenvalue weighted by molar-refractivity contribution is 7.16. The van der Waals surface area contributed by atoms with Crippen molar-refractivity contribution < 1.29 is 9.90 Å². The summed E-state index contributed by atoms with van der Waals surface area (Å²) in [6.07, 6.45) is 6.66. The van der Waals surface area contributed by atoms with Gasteiger partial charge in [-0.25, -0.2) is 0 Å². The van der Waals surface area contributed by atoms with E-state index in [1.807, 2.05) is 6.92 Å².